The van der Waals surface area contributed by atoms with Gasteiger partial charge in [-0.3, -0.25) is 9.69 Å². The highest BCUT2D eigenvalue weighted by molar-refractivity contribution is 6.02. The lowest BCUT2D eigenvalue weighted by molar-refractivity contribution is -0.121. The molecule has 2 N–H and O–H groups in total. The molecule has 96 valence electrons. The number of hydrogen-bond acceptors (Lipinski definition) is 2. The Morgan fingerprint density at radius 2 is 1.74 bits per heavy atom. The SMILES string of the molecule is C=C1C2C3C=CC(C3)C2C(=O)N1c1ccc(N)cc1. The molecule has 1 aromatic rings. The molecule has 1 amide bonds. The van der Waals surface area contributed by atoms with E-state index in [9.17, 15) is 4.79 Å². The summed E-state index contributed by atoms with van der Waals surface area (Å²) in [4.78, 5) is 14.5. The maximum absolute atomic E-state index is 12.7. The summed E-state index contributed by atoms with van der Waals surface area (Å²) < 4.78 is 0. The molecule has 2 aliphatic carbocycles. The molecule has 0 aromatic heterocycles. The van der Waals surface area contributed by atoms with E-state index < -0.39 is 0 Å². The van der Waals surface area contributed by atoms with E-state index in [1.54, 1.807) is 4.90 Å². The largest absolute Gasteiger partial charge is 0.399 e. The van der Waals surface area contributed by atoms with Crippen molar-refractivity contribution in [3.8, 4) is 0 Å². The maximum Gasteiger partial charge on any atom is 0.235 e. The third kappa shape index (κ3) is 1.30. The number of allylic oxidation sites excluding steroid dienone is 3. The Bertz CT molecular complexity index is 572. The van der Waals surface area contributed by atoms with Gasteiger partial charge in [-0.05, 0) is 42.5 Å². The minimum Gasteiger partial charge on any atom is -0.399 e. The smallest absolute Gasteiger partial charge is 0.235 e. The van der Waals surface area contributed by atoms with E-state index in [0.29, 0.717) is 23.4 Å². The number of nitrogens with zero attached hydrogens (tertiary/aromatic N) is 1. The van der Waals surface area contributed by atoms with Crippen molar-refractivity contribution >= 4 is 17.3 Å². The Hall–Kier alpha value is -2.03. The van der Waals surface area contributed by atoms with Crippen molar-refractivity contribution in [3.05, 3.63) is 48.7 Å². The van der Waals surface area contributed by atoms with E-state index in [4.69, 9.17) is 5.73 Å². The second kappa shape index (κ2) is 3.50. The first kappa shape index (κ1) is 10.9. The first-order chi connectivity index (χ1) is 9.16. The number of rotatable bonds is 1. The molecule has 0 radical (unpaired) electrons. The Balaban J connectivity index is 1.74. The molecule has 1 aromatic carbocycles. The van der Waals surface area contributed by atoms with Crippen LogP contribution in [0.15, 0.2) is 48.7 Å². The summed E-state index contributed by atoms with van der Waals surface area (Å²) in [5, 5.41) is 0. The zero-order valence-corrected chi connectivity index (χ0v) is 10.6. The number of anilines is 2. The van der Waals surface area contributed by atoms with Gasteiger partial charge in [-0.25, -0.2) is 0 Å². The third-order valence-corrected chi connectivity index (χ3v) is 4.79. The summed E-state index contributed by atoms with van der Waals surface area (Å²) in [6, 6.07) is 7.46. The second-order valence-corrected chi connectivity index (χ2v) is 5.76. The molecule has 3 nitrogen and oxygen atoms in total. The number of hydrogen-bond donors (Lipinski definition) is 1. The predicted octanol–water partition coefficient (Wildman–Crippen LogP) is 2.57. The highest BCUT2D eigenvalue weighted by atomic mass is 16.2. The van der Waals surface area contributed by atoms with Gasteiger partial charge in [-0.2, -0.15) is 0 Å². The number of amides is 1. The molecule has 1 saturated carbocycles. The molecule has 4 unspecified atom stereocenters. The van der Waals surface area contributed by atoms with Gasteiger partial charge in [0.1, 0.15) is 0 Å². The Morgan fingerprint density at radius 3 is 2.37 bits per heavy atom. The standard InChI is InChI=1S/C16H16N2O/c1-9-14-10-2-3-11(8-10)15(14)16(19)18(9)13-6-4-12(17)5-7-13/h2-7,10-11,14-15H,1,8,17H2. The van der Waals surface area contributed by atoms with Crippen LogP contribution in [0, 0.1) is 23.7 Å². The predicted molar refractivity (Wildman–Crippen MR) is 75.2 cm³/mol. The highest BCUT2D eigenvalue weighted by Crippen LogP contribution is 2.56. The number of carbonyl (C=O) groups is 1. The molecule has 1 saturated heterocycles. The molecule has 4 rings (SSSR count). The molecule has 3 heteroatoms. The summed E-state index contributed by atoms with van der Waals surface area (Å²) in [5.74, 6) is 1.54. The van der Waals surface area contributed by atoms with E-state index in [0.717, 1.165) is 17.8 Å². The number of fused-ring (bicyclic) bond motifs is 5. The average Bonchev–Trinajstić information content (AvgIpc) is 3.06. The van der Waals surface area contributed by atoms with E-state index >= 15 is 0 Å². The Kier molecular flexibility index (Phi) is 2.00. The first-order valence-corrected chi connectivity index (χ1v) is 6.73. The normalized spacial score (nSPS) is 35.3. The van der Waals surface area contributed by atoms with Crippen molar-refractivity contribution in [1.82, 2.24) is 0 Å². The van der Waals surface area contributed by atoms with Crippen molar-refractivity contribution in [2.45, 2.75) is 6.42 Å². The average molecular weight is 252 g/mol. The monoisotopic (exact) mass is 252 g/mol. The van der Waals surface area contributed by atoms with Crippen molar-refractivity contribution < 1.29 is 4.79 Å². The van der Waals surface area contributed by atoms with Crippen LogP contribution in [0.5, 0.6) is 0 Å². The van der Waals surface area contributed by atoms with E-state index in [2.05, 4.69) is 18.7 Å². The quantitative estimate of drug-likeness (QED) is 0.616. The Morgan fingerprint density at radius 1 is 1.11 bits per heavy atom. The molecule has 2 bridgehead atoms. The molecule has 19 heavy (non-hydrogen) atoms. The summed E-state index contributed by atoms with van der Waals surface area (Å²) in [5.41, 5.74) is 8.26. The van der Waals surface area contributed by atoms with Gasteiger partial charge >= 0.3 is 0 Å². The fourth-order valence-electron chi connectivity index (χ4n) is 3.97. The van der Waals surface area contributed by atoms with Crippen LogP contribution in [0.25, 0.3) is 0 Å². The van der Waals surface area contributed by atoms with Gasteiger partial charge in [0.15, 0.2) is 0 Å². The lowest BCUT2D eigenvalue weighted by atomic mass is 9.84. The number of nitrogens with two attached hydrogens (primary N) is 1. The van der Waals surface area contributed by atoms with Gasteiger partial charge in [0.05, 0.1) is 5.92 Å². The molecule has 0 spiro atoms. The van der Waals surface area contributed by atoms with Crippen LogP contribution in [0.3, 0.4) is 0 Å². The summed E-state index contributed by atoms with van der Waals surface area (Å²) in [6.07, 6.45) is 5.59. The Labute approximate surface area is 112 Å². The topological polar surface area (TPSA) is 46.3 Å². The summed E-state index contributed by atoms with van der Waals surface area (Å²) in [7, 11) is 0. The first-order valence-electron chi connectivity index (χ1n) is 6.73. The van der Waals surface area contributed by atoms with Crippen LogP contribution in [0.2, 0.25) is 0 Å². The lowest BCUT2D eigenvalue weighted by Gasteiger charge is -2.21. The zero-order valence-electron chi connectivity index (χ0n) is 10.6. The van der Waals surface area contributed by atoms with Crippen LogP contribution >= 0.6 is 0 Å². The number of carbonyl (C=O) groups excluding carboxylic acids is 1. The van der Waals surface area contributed by atoms with Gasteiger partial charge in [0, 0.05) is 23.0 Å². The van der Waals surface area contributed by atoms with Gasteiger partial charge in [0.2, 0.25) is 5.91 Å². The lowest BCUT2D eigenvalue weighted by Crippen LogP contribution is -2.28. The van der Waals surface area contributed by atoms with Crippen molar-refractivity contribution in [2.75, 3.05) is 10.6 Å². The van der Waals surface area contributed by atoms with E-state index in [-0.39, 0.29) is 11.8 Å². The van der Waals surface area contributed by atoms with Crippen LogP contribution in [0.4, 0.5) is 11.4 Å². The summed E-state index contributed by atoms with van der Waals surface area (Å²) >= 11 is 0. The summed E-state index contributed by atoms with van der Waals surface area (Å²) in [6.45, 7) is 4.19. The zero-order chi connectivity index (χ0) is 13.1. The molecule has 4 atom stereocenters. The number of benzene rings is 1. The van der Waals surface area contributed by atoms with Crippen molar-refractivity contribution in [2.24, 2.45) is 23.7 Å². The van der Waals surface area contributed by atoms with Crippen LogP contribution in [-0.2, 0) is 4.79 Å². The fraction of sp³-hybridized carbons (Fsp3) is 0.312. The van der Waals surface area contributed by atoms with Crippen LogP contribution in [0.1, 0.15) is 6.42 Å². The minimum absolute atomic E-state index is 0.111. The van der Waals surface area contributed by atoms with Gasteiger partial charge in [-0.15, -0.1) is 0 Å². The molecular weight excluding hydrogens is 236 g/mol. The van der Waals surface area contributed by atoms with Gasteiger partial charge in [-0.1, -0.05) is 18.7 Å². The van der Waals surface area contributed by atoms with Crippen molar-refractivity contribution in [3.63, 3.8) is 0 Å². The highest BCUT2D eigenvalue weighted by Gasteiger charge is 2.56. The van der Waals surface area contributed by atoms with Crippen LogP contribution < -0.4 is 10.6 Å². The molecule has 3 aliphatic rings. The van der Waals surface area contributed by atoms with E-state index in [1.807, 2.05) is 24.3 Å². The van der Waals surface area contributed by atoms with Gasteiger partial charge in [0.25, 0.3) is 0 Å². The molecular formula is C16H16N2O. The van der Waals surface area contributed by atoms with Crippen molar-refractivity contribution in [1.29, 1.82) is 0 Å². The van der Waals surface area contributed by atoms with Crippen LogP contribution in [-0.4, -0.2) is 5.91 Å². The van der Waals surface area contributed by atoms with Gasteiger partial charge < -0.3 is 5.73 Å². The molecule has 1 heterocycles. The number of nitrogen functional groups attached to an aromatic ring is 1. The minimum atomic E-state index is 0.111. The fourth-order valence-corrected chi connectivity index (χ4v) is 3.97. The third-order valence-electron chi connectivity index (χ3n) is 4.79. The molecule has 2 fully saturated rings. The van der Waals surface area contributed by atoms with E-state index in [1.165, 1.54) is 0 Å². The maximum atomic E-state index is 12.7. The molecule has 1 aliphatic heterocycles. The second-order valence-electron chi connectivity index (χ2n) is 5.76.